The fraction of sp³-hybridized carbons (Fsp3) is 0.538. The quantitative estimate of drug-likeness (QED) is 0.854. The molecule has 0 saturated carbocycles. The van der Waals surface area contributed by atoms with E-state index < -0.39 is 0 Å². The van der Waals surface area contributed by atoms with Gasteiger partial charge in [0.2, 0.25) is 0 Å². The molecule has 0 amide bonds. The molecule has 0 aromatic heterocycles. The molecule has 0 bridgehead atoms. The van der Waals surface area contributed by atoms with Crippen molar-refractivity contribution in [1.82, 2.24) is 4.90 Å². The van der Waals surface area contributed by atoms with Crippen molar-refractivity contribution in [3.05, 3.63) is 26.6 Å². The Morgan fingerprint density at radius 3 is 2.35 bits per heavy atom. The Bertz CT molecular complexity index is 408. The summed E-state index contributed by atoms with van der Waals surface area (Å²) in [5.41, 5.74) is 1.66. The summed E-state index contributed by atoms with van der Waals surface area (Å²) < 4.78 is 1.50. The Balaban J connectivity index is 2.10. The van der Waals surface area contributed by atoms with Crippen LogP contribution in [0.25, 0.3) is 0 Å². The van der Waals surface area contributed by atoms with Crippen molar-refractivity contribution in [3.63, 3.8) is 0 Å². The topological polar surface area (TPSA) is 23.5 Å². The average molecular weight is 363 g/mol. The number of phenols is 1. The van der Waals surface area contributed by atoms with Crippen LogP contribution in [-0.2, 0) is 6.54 Å². The molecule has 1 heterocycles. The van der Waals surface area contributed by atoms with Crippen molar-refractivity contribution in [1.29, 1.82) is 0 Å². The van der Waals surface area contributed by atoms with Crippen molar-refractivity contribution in [2.75, 3.05) is 13.1 Å². The second kappa shape index (κ2) is 4.90. The highest BCUT2D eigenvalue weighted by atomic mass is 79.9. The number of likely N-dealkylation sites (tertiary alicyclic amines) is 1. The Labute approximate surface area is 119 Å². The number of hydrogen-bond donors (Lipinski definition) is 1. The maximum atomic E-state index is 9.67. The summed E-state index contributed by atoms with van der Waals surface area (Å²) in [5, 5.41) is 9.67. The molecule has 94 valence electrons. The standard InChI is InChI=1S/C13H17Br2NO/c1-13(2)3-4-16(8-13)7-9-5-10(14)12(17)11(15)6-9/h5-6,17H,3-4,7-8H2,1-2H3. The van der Waals surface area contributed by atoms with Gasteiger partial charge in [-0.05, 0) is 67.9 Å². The Morgan fingerprint density at radius 1 is 1.29 bits per heavy atom. The molecule has 0 radical (unpaired) electrons. The van der Waals surface area contributed by atoms with E-state index in [0.29, 0.717) is 5.41 Å². The number of phenolic OH excluding ortho intramolecular Hbond substituents is 1. The summed E-state index contributed by atoms with van der Waals surface area (Å²) in [4.78, 5) is 2.46. The molecular weight excluding hydrogens is 346 g/mol. The predicted octanol–water partition coefficient (Wildman–Crippen LogP) is 4.15. The van der Waals surface area contributed by atoms with E-state index in [-0.39, 0.29) is 5.75 Å². The van der Waals surface area contributed by atoms with E-state index in [2.05, 4.69) is 50.6 Å². The molecular formula is C13H17Br2NO. The van der Waals surface area contributed by atoms with Gasteiger partial charge in [0, 0.05) is 13.1 Å². The normalized spacial score (nSPS) is 19.8. The molecule has 0 atom stereocenters. The zero-order valence-electron chi connectivity index (χ0n) is 10.1. The first kappa shape index (κ1) is 13.4. The van der Waals surface area contributed by atoms with E-state index in [4.69, 9.17) is 0 Å². The third-order valence-corrected chi connectivity index (χ3v) is 4.45. The van der Waals surface area contributed by atoms with Crippen LogP contribution < -0.4 is 0 Å². The SMILES string of the molecule is CC1(C)CCN(Cc2cc(Br)c(O)c(Br)c2)C1. The molecule has 17 heavy (non-hydrogen) atoms. The zero-order valence-corrected chi connectivity index (χ0v) is 13.3. The summed E-state index contributed by atoms with van der Waals surface area (Å²) in [7, 11) is 0. The third kappa shape index (κ3) is 3.24. The fourth-order valence-electron chi connectivity index (χ4n) is 2.33. The Hall–Kier alpha value is -0.0600. The van der Waals surface area contributed by atoms with Crippen LogP contribution in [-0.4, -0.2) is 23.1 Å². The van der Waals surface area contributed by atoms with Crippen molar-refractivity contribution < 1.29 is 5.11 Å². The first-order valence-electron chi connectivity index (χ1n) is 5.77. The Kier molecular flexibility index (Phi) is 3.86. The highest BCUT2D eigenvalue weighted by molar-refractivity contribution is 9.11. The maximum absolute atomic E-state index is 9.67. The molecule has 1 aliphatic heterocycles. The molecule has 1 fully saturated rings. The van der Waals surface area contributed by atoms with Crippen molar-refractivity contribution in [3.8, 4) is 5.75 Å². The van der Waals surface area contributed by atoms with Gasteiger partial charge >= 0.3 is 0 Å². The van der Waals surface area contributed by atoms with E-state index in [0.717, 1.165) is 28.6 Å². The second-order valence-corrected chi connectivity index (χ2v) is 7.24. The monoisotopic (exact) mass is 361 g/mol. The predicted molar refractivity (Wildman–Crippen MR) is 77.2 cm³/mol. The molecule has 0 unspecified atom stereocenters. The number of nitrogens with zero attached hydrogens (tertiary/aromatic N) is 1. The average Bonchev–Trinajstić information content (AvgIpc) is 2.54. The summed E-state index contributed by atoms with van der Waals surface area (Å²) >= 11 is 6.74. The van der Waals surface area contributed by atoms with Gasteiger partial charge in [-0.1, -0.05) is 13.8 Å². The van der Waals surface area contributed by atoms with Crippen LogP contribution in [0.3, 0.4) is 0 Å². The van der Waals surface area contributed by atoms with Gasteiger partial charge in [-0.25, -0.2) is 0 Å². The van der Waals surface area contributed by atoms with Crippen molar-refractivity contribution in [2.45, 2.75) is 26.8 Å². The van der Waals surface area contributed by atoms with Crippen molar-refractivity contribution in [2.24, 2.45) is 5.41 Å². The molecule has 1 aliphatic rings. The minimum atomic E-state index is 0.274. The maximum Gasteiger partial charge on any atom is 0.143 e. The molecule has 0 spiro atoms. The minimum Gasteiger partial charge on any atom is -0.506 e. The molecule has 2 rings (SSSR count). The number of rotatable bonds is 2. The fourth-order valence-corrected chi connectivity index (χ4v) is 3.61. The van der Waals surface area contributed by atoms with Gasteiger partial charge in [0.15, 0.2) is 0 Å². The van der Waals surface area contributed by atoms with Gasteiger partial charge in [-0.2, -0.15) is 0 Å². The highest BCUT2D eigenvalue weighted by Gasteiger charge is 2.28. The molecule has 2 nitrogen and oxygen atoms in total. The number of benzene rings is 1. The highest BCUT2D eigenvalue weighted by Crippen LogP contribution is 2.35. The van der Waals surface area contributed by atoms with Gasteiger partial charge in [0.05, 0.1) is 8.95 Å². The largest absolute Gasteiger partial charge is 0.506 e. The van der Waals surface area contributed by atoms with E-state index in [1.165, 1.54) is 12.0 Å². The van der Waals surface area contributed by atoms with Crippen LogP contribution in [0.1, 0.15) is 25.8 Å². The van der Waals surface area contributed by atoms with Crippen LogP contribution in [0.15, 0.2) is 21.1 Å². The van der Waals surface area contributed by atoms with Crippen LogP contribution >= 0.6 is 31.9 Å². The van der Waals surface area contributed by atoms with Gasteiger partial charge in [0.25, 0.3) is 0 Å². The lowest BCUT2D eigenvalue weighted by Crippen LogP contribution is -2.22. The molecule has 0 aliphatic carbocycles. The molecule has 1 aromatic rings. The molecule has 4 heteroatoms. The lowest BCUT2D eigenvalue weighted by atomic mass is 9.93. The second-order valence-electron chi connectivity index (χ2n) is 5.53. The lowest BCUT2D eigenvalue weighted by Gasteiger charge is -2.20. The van der Waals surface area contributed by atoms with Crippen LogP contribution in [0.4, 0.5) is 0 Å². The minimum absolute atomic E-state index is 0.274. The van der Waals surface area contributed by atoms with Gasteiger partial charge in [-0.3, -0.25) is 4.90 Å². The molecule has 1 aromatic carbocycles. The third-order valence-electron chi connectivity index (χ3n) is 3.24. The number of aromatic hydroxyl groups is 1. The number of hydrogen-bond acceptors (Lipinski definition) is 2. The summed E-state index contributed by atoms with van der Waals surface area (Å²) in [5.74, 6) is 0.274. The van der Waals surface area contributed by atoms with Crippen LogP contribution in [0, 0.1) is 5.41 Å². The zero-order chi connectivity index (χ0) is 12.6. The van der Waals surface area contributed by atoms with Gasteiger partial charge in [-0.15, -0.1) is 0 Å². The van der Waals surface area contributed by atoms with E-state index in [1.807, 2.05) is 12.1 Å². The van der Waals surface area contributed by atoms with Gasteiger partial charge in [0.1, 0.15) is 5.75 Å². The summed E-state index contributed by atoms with van der Waals surface area (Å²) in [6, 6.07) is 3.98. The first-order chi connectivity index (χ1) is 7.87. The van der Waals surface area contributed by atoms with Crippen molar-refractivity contribution >= 4 is 31.9 Å². The summed E-state index contributed by atoms with van der Waals surface area (Å²) in [6.45, 7) is 7.87. The number of halogens is 2. The van der Waals surface area contributed by atoms with Crippen LogP contribution in [0.5, 0.6) is 5.75 Å². The lowest BCUT2D eigenvalue weighted by molar-refractivity contribution is 0.284. The summed E-state index contributed by atoms with van der Waals surface area (Å²) in [6.07, 6.45) is 1.26. The smallest absolute Gasteiger partial charge is 0.143 e. The van der Waals surface area contributed by atoms with Crippen LogP contribution in [0.2, 0.25) is 0 Å². The first-order valence-corrected chi connectivity index (χ1v) is 7.35. The van der Waals surface area contributed by atoms with E-state index in [1.54, 1.807) is 0 Å². The van der Waals surface area contributed by atoms with E-state index >= 15 is 0 Å². The molecule has 1 saturated heterocycles. The van der Waals surface area contributed by atoms with E-state index in [9.17, 15) is 5.11 Å². The Morgan fingerprint density at radius 2 is 1.88 bits per heavy atom. The molecule has 1 N–H and O–H groups in total. The van der Waals surface area contributed by atoms with Gasteiger partial charge < -0.3 is 5.11 Å².